The number of ether oxygens (including phenoxy) is 2. The van der Waals surface area contributed by atoms with Gasteiger partial charge in [-0.05, 0) is 43.9 Å². The van der Waals surface area contributed by atoms with Crippen LogP contribution in [0.5, 0.6) is 11.5 Å². The molecule has 0 N–H and O–H groups in total. The summed E-state index contributed by atoms with van der Waals surface area (Å²) in [6.07, 6.45) is 7.40. The number of hydrogen-bond donors (Lipinski definition) is 0. The number of hydrogen-bond acceptors (Lipinski definition) is 5. The number of benzene rings is 1. The first-order chi connectivity index (χ1) is 12.2. The zero-order valence-corrected chi connectivity index (χ0v) is 13.9. The van der Waals surface area contributed by atoms with Crippen LogP contribution in [0, 0.1) is 0 Å². The van der Waals surface area contributed by atoms with Crippen molar-refractivity contribution in [1.29, 1.82) is 0 Å². The van der Waals surface area contributed by atoms with E-state index in [1.807, 2.05) is 0 Å². The molecule has 0 bridgehead atoms. The van der Waals surface area contributed by atoms with E-state index < -0.39 is 0 Å². The van der Waals surface area contributed by atoms with Crippen molar-refractivity contribution in [2.45, 2.75) is 31.8 Å². The van der Waals surface area contributed by atoms with Crippen LogP contribution in [0.4, 0.5) is 5.69 Å². The third kappa shape index (κ3) is 2.63. The molecule has 6 nitrogen and oxygen atoms in total. The van der Waals surface area contributed by atoms with Gasteiger partial charge in [0.1, 0.15) is 0 Å². The van der Waals surface area contributed by atoms with Crippen molar-refractivity contribution >= 4 is 17.5 Å². The third-order valence-corrected chi connectivity index (χ3v) is 4.69. The van der Waals surface area contributed by atoms with Gasteiger partial charge >= 0.3 is 0 Å². The molecule has 0 spiro atoms. The number of carbonyl (C=O) groups excluding carboxylic acids is 2. The molecule has 6 heteroatoms. The molecule has 1 saturated carbocycles. The number of rotatable bonds is 4. The number of pyridine rings is 1. The zero-order valence-electron chi connectivity index (χ0n) is 13.9. The Morgan fingerprint density at radius 1 is 1.04 bits per heavy atom. The maximum Gasteiger partial charge on any atom is 0.267 e. The Morgan fingerprint density at radius 3 is 2.52 bits per heavy atom. The maximum absolute atomic E-state index is 12.6. The zero-order chi connectivity index (χ0) is 17.4. The van der Waals surface area contributed by atoms with E-state index in [1.54, 1.807) is 31.4 Å². The van der Waals surface area contributed by atoms with Gasteiger partial charge in [0.05, 0.1) is 30.0 Å². The van der Waals surface area contributed by atoms with Crippen LogP contribution in [0.2, 0.25) is 0 Å². The van der Waals surface area contributed by atoms with Gasteiger partial charge in [0.15, 0.2) is 11.5 Å². The van der Waals surface area contributed by atoms with Crippen molar-refractivity contribution in [1.82, 2.24) is 4.98 Å². The molecule has 1 fully saturated rings. The summed E-state index contributed by atoms with van der Waals surface area (Å²) >= 11 is 0. The Hall–Kier alpha value is -2.89. The Morgan fingerprint density at radius 2 is 1.80 bits per heavy atom. The lowest BCUT2D eigenvalue weighted by Gasteiger charge is -2.19. The molecular weight excluding hydrogens is 320 g/mol. The number of imide groups is 1. The Kier molecular flexibility index (Phi) is 3.87. The number of methoxy groups -OCH3 is 1. The molecular formula is C19H18N2O4. The van der Waals surface area contributed by atoms with Gasteiger partial charge in [0.2, 0.25) is 0 Å². The minimum absolute atomic E-state index is 0.149. The molecule has 0 unspecified atom stereocenters. The minimum atomic E-state index is -0.370. The first-order valence-corrected chi connectivity index (χ1v) is 8.36. The number of amides is 2. The molecule has 1 aliphatic heterocycles. The van der Waals surface area contributed by atoms with Crippen LogP contribution in [-0.2, 0) is 0 Å². The van der Waals surface area contributed by atoms with Gasteiger partial charge in [0, 0.05) is 18.5 Å². The lowest BCUT2D eigenvalue weighted by atomic mass is 10.2. The van der Waals surface area contributed by atoms with E-state index in [0.717, 1.165) is 30.6 Å². The minimum Gasteiger partial charge on any atom is -0.493 e. The summed E-state index contributed by atoms with van der Waals surface area (Å²) in [6, 6.07) is 6.68. The van der Waals surface area contributed by atoms with Crippen molar-refractivity contribution in [3.8, 4) is 11.5 Å². The average molecular weight is 338 g/mol. The summed E-state index contributed by atoms with van der Waals surface area (Å²) in [5.41, 5.74) is 1.16. The van der Waals surface area contributed by atoms with Crippen LogP contribution in [0.15, 0.2) is 36.7 Å². The van der Waals surface area contributed by atoms with Crippen molar-refractivity contribution < 1.29 is 19.1 Å². The summed E-state index contributed by atoms with van der Waals surface area (Å²) in [4.78, 5) is 30.3. The standard InChI is InChI=1S/C19H18N2O4/c1-24-16-7-6-12(10-17(16)25-13-4-2-3-5-13)21-18(22)14-8-9-20-11-15(14)19(21)23/h6-11,13H,2-5H2,1H3. The van der Waals surface area contributed by atoms with Crippen molar-refractivity contribution in [3.63, 3.8) is 0 Å². The summed E-state index contributed by atoms with van der Waals surface area (Å²) in [5.74, 6) is 0.431. The highest BCUT2D eigenvalue weighted by Crippen LogP contribution is 2.37. The summed E-state index contributed by atoms with van der Waals surface area (Å²) in [5, 5.41) is 0. The first kappa shape index (κ1) is 15.6. The fraction of sp³-hybridized carbons (Fsp3) is 0.316. The van der Waals surface area contributed by atoms with E-state index in [1.165, 1.54) is 12.4 Å². The normalized spacial score (nSPS) is 17.1. The molecule has 2 amide bonds. The Balaban J connectivity index is 1.69. The number of anilines is 1. The van der Waals surface area contributed by atoms with Crippen LogP contribution in [0.25, 0.3) is 0 Å². The number of aromatic nitrogens is 1. The van der Waals surface area contributed by atoms with E-state index in [-0.39, 0.29) is 17.9 Å². The number of fused-ring (bicyclic) bond motifs is 1. The fourth-order valence-electron chi connectivity index (χ4n) is 3.40. The van der Waals surface area contributed by atoms with Gasteiger partial charge in [0.25, 0.3) is 11.8 Å². The van der Waals surface area contributed by atoms with Crippen LogP contribution < -0.4 is 14.4 Å². The van der Waals surface area contributed by atoms with E-state index in [2.05, 4.69) is 4.98 Å². The van der Waals surface area contributed by atoms with Gasteiger partial charge in [-0.3, -0.25) is 14.6 Å². The molecule has 1 aliphatic carbocycles. The molecule has 2 aliphatic rings. The highest BCUT2D eigenvalue weighted by molar-refractivity contribution is 6.34. The van der Waals surface area contributed by atoms with Crippen molar-refractivity contribution in [2.75, 3.05) is 12.0 Å². The average Bonchev–Trinajstić information content (AvgIpc) is 3.23. The van der Waals surface area contributed by atoms with Crippen molar-refractivity contribution in [2.24, 2.45) is 0 Å². The van der Waals surface area contributed by atoms with Gasteiger partial charge in [-0.15, -0.1) is 0 Å². The SMILES string of the molecule is COc1ccc(N2C(=O)c3ccncc3C2=O)cc1OC1CCCC1. The first-order valence-electron chi connectivity index (χ1n) is 8.36. The molecule has 2 heterocycles. The van der Waals surface area contributed by atoms with Crippen LogP contribution in [0.1, 0.15) is 46.4 Å². The fourth-order valence-corrected chi connectivity index (χ4v) is 3.40. The topological polar surface area (TPSA) is 68.7 Å². The second-order valence-corrected chi connectivity index (χ2v) is 6.23. The molecule has 1 aromatic carbocycles. The lowest BCUT2D eigenvalue weighted by Crippen LogP contribution is -2.29. The van der Waals surface area contributed by atoms with E-state index >= 15 is 0 Å². The predicted octanol–water partition coefficient (Wildman–Crippen LogP) is 3.21. The number of nitrogens with zero attached hydrogens (tertiary/aromatic N) is 2. The van der Waals surface area contributed by atoms with E-state index in [4.69, 9.17) is 9.47 Å². The molecule has 0 atom stereocenters. The summed E-state index contributed by atoms with van der Waals surface area (Å²) < 4.78 is 11.4. The van der Waals surface area contributed by atoms with Crippen LogP contribution in [-0.4, -0.2) is 30.0 Å². The third-order valence-electron chi connectivity index (χ3n) is 4.69. The largest absolute Gasteiger partial charge is 0.493 e. The van der Waals surface area contributed by atoms with E-state index in [9.17, 15) is 9.59 Å². The van der Waals surface area contributed by atoms with Gasteiger partial charge in [-0.1, -0.05) is 0 Å². The molecule has 1 aromatic heterocycles. The molecule has 4 rings (SSSR count). The maximum atomic E-state index is 12.6. The Bertz CT molecular complexity index is 808. The second-order valence-electron chi connectivity index (χ2n) is 6.23. The van der Waals surface area contributed by atoms with Crippen LogP contribution >= 0.6 is 0 Å². The molecule has 2 aromatic rings. The van der Waals surface area contributed by atoms with Gasteiger partial charge in [-0.25, -0.2) is 4.90 Å². The highest BCUT2D eigenvalue weighted by atomic mass is 16.5. The van der Waals surface area contributed by atoms with E-state index in [0.29, 0.717) is 28.3 Å². The summed E-state index contributed by atoms with van der Waals surface area (Å²) in [7, 11) is 1.57. The molecule has 0 saturated heterocycles. The Labute approximate surface area is 145 Å². The van der Waals surface area contributed by atoms with Crippen LogP contribution in [0.3, 0.4) is 0 Å². The smallest absolute Gasteiger partial charge is 0.267 e. The van der Waals surface area contributed by atoms with Gasteiger partial charge in [-0.2, -0.15) is 0 Å². The number of carbonyl (C=O) groups is 2. The summed E-state index contributed by atoms with van der Waals surface area (Å²) in [6.45, 7) is 0. The molecule has 25 heavy (non-hydrogen) atoms. The second kappa shape index (κ2) is 6.20. The predicted molar refractivity (Wildman–Crippen MR) is 91.3 cm³/mol. The quantitative estimate of drug-likeness (QED) is 0.801. The van der Waals surface area contributed by atoms with Crippen molar-refractivity contribution in [3.05, 3.63) is 47.8 Å². The molecule has 128 valence electrons. The highest BCUT2D eigenvalue weighted by Gasteiger charge is 2.37. The molecule has 0 radical (unpaired) electrons. The lowest BCUT2D eigenvalue weighted by molar-refractivity contribution is 0.0926. The monoisotopic (exact) mass is 338 g/mol. The van der Waals surface area contributed by atoms with Gasteiger partial charge < -0.3 is 9.47 Å².